The maximum absolute atomic E-state index is 13.3. The molecule has 0 aliphatic carbocycles. The molecule has 2 heterocycles. The van der Waals surface area contributed by atoms with Crippen molar-refractivity contribution >= 4 is 16.7 Å². The molecule has 1 aliphatic rings. The smallest absolute Gasteiger partial charge is 0.196 e. The SMILES string of the molecule is COc1cc2c(Oc3ccc(C)cc3C(=O)c3ccccc3)ccnc2cc1OCCCN1CCNCC1. The third kappa shape index (κ3) is 5.96. The predicted octanol–water partition coefficient (Wildman–Crippen LogP) is 5.25. The lowest BCUT2D eigenvalue weighted by molar-refractivity contribution is 0.103. The van der Waals surface area contributed by atoms with Crippen LogP contribution in [0.25, 0.3) is 10.9 Å². The Balaban J connectivity index is 1.37. The van der Waals surface area contributed by atoms with Crippen molar-refractivity contribution in [1.82, 2.24) is 15.2 Å². The van der Waals surface area contributed by atoms with Gasteiger partial charge in [0.15, 0.2) is 17.3 Å². The van der Waals surface area contributed by atoms with E-state index in [2.05, 4.69) is 15.2 Å². The van der Waals surface area contributed by atoms with E-state index in [1.54, 1.807) is 19.4 Å². The molecule has 0 unspecified atom stereocenters. The molecule has 1 fully saturated rings. The number of pyridine rings is 1. The van der Waals surface area contributed by atoms with E-state index < -0.39 is 0 Å². The Bertz CT molecular complexity index is 1400. The van der Waals surface area contributed by atoms with Gasteiger partial charge in [0.1, 0.15) is 11.5 Å². The molecule has 0 radical (unpaired) electrons. The fourth-order valence-electron chi connectivity index (χ4n) is 4.67. The van der Waals surface area contributed by atoms with Gasteiger partial charge in [-0.25, -0.2) is 0 Å². The second-order valence-electron chi connectivity index (χ2n) is 9.42. The average Bonchev–Trinajstić information content (AvgIpc) is 2.96. The molecular formula is C31H33N3O4. The summed E-state index contributed by atoms with van der Waals surface area (Å²) >= 11 is 0. The quantitative estimate of drug-likeness (QED) is 0.230. The van der Waals surface area contributed by atoms with Gasteiger partial charge in [0.2, 0.25) is 0 Å². The van der Waals surface area contributed by atoms with E-state index in [4.69, 9.17) is 14.2 Å². The van der Waals surface area contributed by atoms with Crippen molar-refractivity contribution in [3.8, 4) is 23.0 Å². The monoisotopic (exact) mass is 511 g/mol. The van der Waals surface area contributed by atoms with E-state index in [1.165, 1.54) is 0 Å². The minimum Gasteiger partial charge on any atom is -0.493 e. The maximum atomic E-state index is 13.3. The van der Waals surface area contributed by atoms with Gasteiger partial charge in [-0.1, -0.05) is 42.0 Å². The number of hydrogen-bond acceptors (Lipinski definition) is 7. The Morgan fingerprint density at radius 3 is 2.55 bits per heavy atom. The van der Waals surface area contributed by atoms with Crippen LogP contribution in [0.2, 0.25) is 0 Å². The molecule has 5 rings (SSSR count). The minimum atomic E-state index is -0.0863. The number of rotatable bonds is 10. The number of carbonyl (C=O) groups excluding carboxylic acids is 1. The van der Waals surface area contributed by atoms with Crippen molar-refractivity contribution in [2.75, 3.05) is 46.4 Å². The first kappa shape index (κ1) is 25.7. The number of aromatic nitrogens is 1. The molecule has 0 spiro atoms. The van der Waals surface area contributed by atoms with Crippen molar-refractivity contribution in [3.05, 3.63) is 89.6 Å². The number of carbonyl (C=O) groups is 1. The van der Waals surface area contributed by atoms with Crippen LogP contribution in [0.5, 0.6) is 23.0 Å². The van der Waals surface area contributed by atoms with E-state index in [0.717, 1.165) is 55.6 Å². The number of ether oxygens (including phenoxy) is 3. The lowest BCUT2D eigenvalue weighted by atomic mass is 10.0. The van der Waals surface area contributed by atoms with Gasteiger partial charge >= 0.3 is 0 Å². The van der Waals surface area contributed by atoms with Crippen LogP contribution in [0.4, 0.5) is 0 Å². The summed E-state index contributed by atoms with van der Waals surface area (Å²) in [5, 5.41) is 4.15. The normalized spacial score (nSPS) is 13.8. The van der Waals surface area contributed by atoms with Gasteiger partial charge in [-0.3, -0.25) is 9.78 Å². The second kappa shape index (κ2) is 12.1. The molecule has 3 aromatic carbocycles. The first-order valence-corrected chi connectivity index (χ1v) is 13.0. The summed E-state index contributed by atoms with van der Waals surface area (Å²) in [6.45, 7) is 7.80. The highest BCUT2D eigenvalue weighted by Crippen LogP contribution is 2.38. The van der Waals surface area contributed by atoms with Gasteiger partial charge in [0.25, 0.3) is 0 Å². The van der Waals surface area contributed by atoms with Crippen LogP contribution in [0, 0.1) is 6.92 Å². The molecule has 7 nitrogen and oxygen atoms in total. The lowest BCUT2D eigenvalue weighted by Gasteiger charge is -2.27. The van der Waals surface area contributed by atoms with Crippen LogP contribution in [-0.2, 0) is 0 Å². The van der Waals surface area contributed by atoms with Crippen molar-refractivity contribution < 1.29 is 19.0 Å². The summed E-state index contributed by atoms with van der Waals surface area (Å²) in [7, 11) is 1.63. The number of ketones is 1. The minimum absolute atomic E-state index is 0.0863. The zero-order valence-electron chi connectivity index (χ0n) is 21.9. The highest BCUT2D eigenvalue weighted by molar-refractivity contribution is 6.11. The Kier molecular flexibility index (Phi) is 8.16. The third-order valence-electron chi connectivity index (χ3n) is 6.71. The fraction of sp³-hybridized carbons (Fsp3) is 0.290. The second-order valence-corrected chi connectivity index (χ2v) is 9.42. The Labute approximate surface area is 223 Å². The summed E-state index contributed by atoms with van der Waals surface area (Å²) in [6.07, 6.45) is 2.63. The lowest BCUT2D eigenvalue weighted by Crippen LogP contribution is -2.43. The van der Waals surface area contributed by atoms with E-state index >= 15 is 0 Å². The van der Waals surface area contributed by atoms with Crippen molar-refractivity contribution in [2.45, 2.75) is 13.3 Å². The topological polar surface area (TPSA) is 72.9 Å². The molecule has 1 aliphatic heterocycles. The van der Waals surface area contributed by atoms with Crippen LogP contribution < -0.4 is 19.5 Å². The van der Waals surface area contributed by atoms with E-state index in [-0.39, 0.29) is 5.78 Å². The molecule has 1 aromatic heterocycles. The zero-order valence-corrected chi connectivity index (χ0v) is 21.9. The van der Waals surface area contributed by atoms with Crippen molar-refractivity contribution in [2.24, 2.45) is 0 Å². The van der Waals surface area contributed by atoms with Crippen LogP contribution in [-0.4, -0.2) is 62.1 Å². The molecule has 0 atom stereocenters. The van der Waals surface area contributed by atoms with Crippen molar-refractivity contribution in [1.29, 1.82) is 0 Å². The number of hydrogen-bond donors (Lipinski definition) is 1. The van der Waals surface area contributed by atoms with Crippen LogP contribution in [0.1, 0.15) is 27.9 Å². The van der Waals surface area contributed by atoms with Gasteiger partial charge in [0.05, 0.1) is 24.8 Å². The predicted molar refractivity (Wildman–Crippen MR) is 149 cm³/mol. The number of methoxy groups -OCH3 is 1. The molecule has 4 aromatic rings. The number of fused-ring (bicyclic) bond motifs is 1. The molecule has 0 saturated carbocycles. The average molecular weight is 512 g/mol. The highest BCUT2D eigenvalue weighted by Gasteiger charge is 2.18. The third-order valence-corrected chi connectivity index (χ3v) is 6.71. The maximum Gasteiger partial charge on any atom is 0.196 e. The summed E-state index contributed by atoms with van der Waals surface area (Å²) < 4.78 is 18.1. The Morgan fingerprint density at radius 1 is 0.947 bits per heavy atom. The van der Waals surface area contributed by atoms with Crippen LogP contribution >= 0.6 is 0 Å². The molecule has 196 valence electrons. The van der Waals surface area contributed by atoms with E-state index in [0.29, 0.717) is 40.7 Å². The zero-order chi connectivity index (χ0) is 26.3. The van der Waals surface area contributed by atoms with Crippen LogP contribution in [0.15, 0.2) is 72.9 Å². The number of benzene rings is 3. The van der Waals surface area contributed by atoms with Gasteiger partial charge in [-0.2, -0.15) is 0 Å². The van der Waals surface area contributed by atoms with E-state index in [1.807, 2.05) is 67.6 Å². The summed E-state index contributed by atoms with van der Waals surface area (Å²) in [5.41, 5.74) is 2.83. The van der Waals surface area contributed by atoms with Gasteiger partial charge in [-0.05, 0) is 37.6 Å². The van der Waals surface area contributed by atoms with Crippen LogP contribution in [0.3, 0.4) is 0 Å². The molecule has 1 N–H and O–H groups in total. The largest absolute Gasteiger partial charge is 0.493 e. The number of aryl methyl sites for hydroxylation is 1. The van der Waals surface area contributed by atoms with Gasteiger partial charge in [-0.15, -0.1) is 0 Å². The van der Waals surface area contributed by atoms with Crippen molar-refractivity contribution in [3.63, 3.8) is 0 Å². The van der Waals surface area contributed by atoms with Gasteiger partial charge in [0, 0.05) is 55.9 Å². The summed E-state index contributed by atoms with van der Waals surface area (Å²) in [6, 6.07) is 20.4. The molecular weight excluding hydrogens is 478 g/mol. The molecule has 0 bridgehead atoms. The van der Waals surface area contributed by atoms with Gasteiger partial charge < -0.3 is 24.4 Å². The number of piperazine rings is 1. The molecule has 7 heteroatoms. The molecule has 0 amide bonds. The van der Waals surface area contributed by atoms with E-state index in [9.17, 15) is 4.79 Å². The fourth-order valence-corrected chi connectivity index (χ4v) is 4.67. The number of nitrogens with zero attached hydrogens (tertiary/aromatic N) is 2. The summed E-state index contributed by atoms with van der Waals surface area (Å²) in [4.78, 5) is 20.3. The number of nitrogens with one attached hydrogen (secondary N) is 1. The molecule has 1 saturated heterocycles. The highest BCUT2D eigenvalue weighted by atomic mass is 16.5. The molecule has 38 heavy (non-hydrogen) atoms. The Hall–Kier alpha value is -3.94. The first-order valence-electron chi connectivity index (χ1n) is 13.0. The summed E-state index contributed by atoms with van der Waals surface area (Å²) in [5.74, 6) is 2.26. The first-order chi connectivity index (χ1) is 18.6. The standard InChI is InChI=1S/C31H33N3O4/c1-22-9-10-27(25(19-22)31(35)23-7-4-3-5-8-23)38-28-11-12-33-26-21-30(29(36-2)20-24(26)28)37-18-6-15-34-16-13-32-14-17-34/h3-5,7-12,19-21,32H,6,13-18H2,1-2H3. The Morgan fingerprint density at radius 2 is 1.76 bits per heavy atom.